The van der Waals surface area contributed by atoms with E-state index in [4.69, 9.17) is 11.6 Å². The van der Waals surface area contributed by atoms with Crippen molar-refractivity contribution in [1.82, 2.24) is 0 Å². The van der Waals surface area contributed by atoms with Gasteiger partial charge in [-0.2, -0.15) is 21.6 Å². The Hall–Kier alpha value is -2.06. The summed E-state index contributed by atoms with van der Waals surface area (Å²) in [7, 11) is -4.41. The summed E-state index contributed by atoms with van der Waals surface area (Å²) in [6.07, 6.45) is -4.73. The Balaban J connectivity index is 2.51. The van der Waals surface area contributed by atoms with Crippen molar-refractivity contribution in [3.63, 3.8) is 0 Å². The number of carbonyl (C=O) groups excluding carboxylic acids is 1. The van der Waals surface area contributed by atoms with Gasteiger partial charge in [0.25, 0.3) is 5.24 Å². The van der Waals surface area contributed by atoms with Gasteiger partial charge >= 0.3 is 16.3 Å². The largest absolute Gasteiger partial charge is 0.416 e. The highest BCUT2D eigenvalue weighted by molar-refractivity contribution is 7.87. The number of rotatable bonds is 4. The van der Waals surface area contributed by atoms with Gasteiger partial charge in [0, 0.05) is 0 Å². The number of carbonyl (C=O) groups is 1. The molecular formula is C14H8ClF3O4S. The van der Waals surface area contributed by atoms with Crippen LogP contribution in [-0.4, -0.2) is 13.7 Å². The number of alkyl halides is 3. The van der Waals surface area contributed by atoms with E-state index in [2.05, 4.69) is 4.18 Å². The third-order valence-electron chi connectivity index (χ3n) is 2.75. The molecule has 0 aromatic heterocycles. The van der Waals surface area contributed by atoms with Crippen LogP contribution in [0, 0.1) is 0 Å². The summed E-state index contributed by atoms with van der Waals surface area (Å²) in [4.78, 5) is 11.0. The first-order valence-corrected chi connectivity index (χ1v) is 7.80. The van der Waals surface area contributed by atoms with E-state index in [9.17, 15) is 26.4 Å². The van der Waals surface area contributed by atoms with E-state index < -0.39 is 38.4 Å². The van der Waals surface area contributed by atoms with Crippen molar-refractivity contribution in [1.29, 1.82) is 0 Å². The second-order valence-electron chi connectivity index (χ2n) is 4.33. The van der Waals surface area contributed by atoms with Crippen LogP contribution in [0.3, 0.4) is 0 Å². The summed E-state index contributed by atoms with van der Waals surface area (Å²) in [5.41, 5.74) is -1.66. The zero-order chi connectivity index (χ0) is 17.3. The van der Waals surface area contributed by atoms with E-state index in [0.717, 1.165) is 6.07 Å². The van der Waals surface area contributed by atoms with Crippen LogP contribution >= 0.6 is 11.6 Å². The number of hydrogen-bond donors (Lipinski definition) is 0. The molecule has 4 nitrogen and oxygen atoms in total. The predicted octanol–water partition coefficient (Wildman–Crippen LogP) is 3.85. The highest BCUT2D eigenvalue weighted by atomic mass is 35.5. The molecule has 0 atom stereocenters. The van der Waals surface area contributed by atoms with Crippen molar-refractivity contribution in [2.75, 3.05) is 0 Å². The van der Waals surface area contributed by atoms with E-state index in [1.165, 1.54) is 24.3 Å². The lowest BCUT2D eigenvalue weighted by molar-refractivity contribution is -0.137. The molecule has 0 radical (unpaired) electrons. The van der Waals surface area contributed by atoms with Gasteiger partial charge in [-0.05, 0) is 41.9 Å². The zero-order valence-electron chi connectivity index (χ0n) is 11.2. The number of benzene rings is 2. The van der Waals surface area contributed by atoms with E-state index in [1.54, 1.807) is 6.07 Å². The van der Waals surface area contributed by atoms with Gasteiger partial charge in [0.2, 0.25) is 0 Å². The van der Waals surface area contributed by atoms with Crippen molar-refractivity contribution in [3.05, 3.63) is 59.7 Å². The molecule has 0 heterocycles. The molecule has 0 spiro atoms. The van der Waals surface area contributed by atoms with Crippen LogP contribution in [0.4, 0.5) is 13.2 Å². The van der Waals surface area contributed by atoms with E-state index >= 15 is 0 Å². The molecule has 2 aromatic carbocycles. The first kappa shape index (κ1) is 17.3. The topological polar surface area (TPSA) is 60.4 Å². The Morgan fingerprint density at radius 1 is 1.04 bits per heavy atom. The molecule has 122 valence electrons. The molecule has 0 unspecified atom stereocenters. The second kappa shape index (κ2) is 6.21. The Bertz CT molecular complexity index is 833. The normalized spacial score (nSPS) is 12.0. The Labute approximate surface area is 134 Å². The zero-order valence-corrected chi connectivity index (χ0v) is 12.7. The summed E-state index contributed by atoms with van der Waals surface area (Å²) < 4.78 is 67.0. The smallest absolute Gasteiger partial charge is 0.378 e. The fraction of sp³-hybridized carbons (Fsp3) is 0.0714. The minimum atomic E-state index is -4.73. The predicted molar refractivity (Wildman–Crippen MR) is 75.9 cm³/mol. The quantitative estimate of drug-likeness (QED) is 0.610. The average molecular weight is 365 g/mol. The maximum absolute atomic E-state index is 12.7. The summed E-state index contributed by atoms with van der Waals surface area (Å²) in [5.74, 6) is -0.788. The van der Waals surface area contributed by atoms with Crippen LogP contribution in [0.5, 0.6) is 5.75 Å². The van der Waals surface area contributed by atoms with Crippen LogP contribution in [0.15, 0.2) is 53.4 Å². The Kier molecular flexibility index (Phi) is 4.67. The fourth-order valence-corrected chi connectivity index (χ4v) is 2.80. The van der Waals surface area contributed by atoms with Crippen molar-refractivity contribution < 1.29 is 30.6 Å². The third kappa shape index (κ3) is 4.02. The highest BCUT2D eigenvalue weighted by Gasteiger charge is 2.32. The van der Waals surface area contributed by atoms with Crippen LogP contribution in [-0.2, 0) is 16.3 Å². The maximum atomic E-state index is 12.7. The van der Waals surface area contributed by atoms with E-state index in [-0.39, 0.29) is 4.90 Å². The summed E-state index contributed by atoms with van der Waals surface area (Å²) in [6, 6.07) is 8.56. The molecule has 0 aliphatic heterocycles. The molecule has 23 heavy (non-hydrogen) atoms. The summed E-state index contributed by atoms with van der Waals surface area (Å²) in [6.45, 7) is 0. The fourth-order valence-electron chi connectivity index (χ4n) is 1.68. The molecule has 0 aliphatic carbocycles. The molecule has 0 fully saturated rings. The van der Waals surface area contributed by atoms with Crippen molar-refractivity contribution in [2.45, 2.75) is 11.1 Å². The monoisotopic (exact) mass is 364 g/mol. The minimum absolute atomic E-state index is 0.273. The van der Waals surface area contributed by atoms with Crippen molar-refractivity contribution >= 4 is 27.0 Å². The van der Waals surface area contributed by atoms with E-state index in [0.29, 0.717) is 12.1 Å². The van der Waals surface area contributed by atoms with Gasteiger partial charge < -0.3 is 4.18 Å². The van der Waals surface area contributed by atoms with Crippen molar-refractivity contribution in [3.8, 4) is 5.75 Å². The van der Waals surface area contributed by atoms with Crippen LogP contribution < -0.4 is 4.18 Å². The van der Waals surface area contributed by atoms with Crippen molar-refractivity contribution in [2.24, 2.45) is 0 Å². The van der Waals surface area contributed by atoms with Crippen LogP contribution in [0.1, 0.15) is 15.9 Å². The maximum Gasteiger partial charge on any atom is 0.416 e. The Morgan fingerprint density at radius 3 is 2.17 bits per heavy atom. The Morgan fingerprint density at radius 2 is 1.65 bits per heavy atom. The molecule has 2 rings (SSSR count). The SMILES string of the molecule is O=C(Cl)c1ccc(C(F)(F)F)cc1OS(=O)(=O)c1ccccc1. The van der Waals surface area contributed by atoms with Gasteiger partial charge in [-0.15, -0.1) is 0 Å². The average Bonchev–Trinajstić information content (AvgIpc) is 2.46. The first-order chi connectivity index (χ1) is 10.6. The molecule has 0 bridgehead atoms. The molecule has 0 saturated heterocycles. The number of hydrogen-bond acceptors (Lipinski definition) is 4. The molecule has 0 N–H and O–H groups in total. The lowest BCUT2D eigenvalue weighted by atomic mass is 10.1. The standard InChI is InChI=1S/C14H8ClF3O4S/c15-13(19)11-7-6-9(14(16,17)18)8-12(11)22-23(20,21)10-4-2-1-3-5-10/h1-8H. The van der Waals surface area contributed by atoms with Gasteiger partial charge in [0.1, 0.15) is 4.90 Å². The van der Waals surface area contributed by atoms with Crippen LogP contribution in [0.25, 0.3) is 0 Å². The summed E-state index contributed by atoms with van der Waals surface area (Å²) in [5, 5.41) is -1.14. The van der Waals surface area contributed by atoms with Gasteiger partial charge in [0.05, 0.1) is 11.1 Å². The first-order valence-electron chi connectivity index (χ1n) is 6.02. The van der Waals surface area contributed by atoms with Crippen LogP contribution in [0.2, 0.25) is 0 Å². The molecule has 0 amide bonds. The molecule has 2 aromatic rings. The van der Waals surface area contributed by atoms with Gasteiger partial charge in [-0.1, -0.05) is 18.2 Å². The van der Waals surface area contributed by atoms with E-state index in [1.807, 2.05) is 0 Å². The highest BCUT2D eigenvalue weighted by Crippen LogP contribution is 2.34. The van der Waals surface area contributed by atoms with Gasteiger partial charge in [-0.3, -0.25) is 4.79 Å². The lowest BCUT2D eigenvalue weighted by Crippen LogP contribution is -2.13. The lowest BCUT2D eigenvalue weighted by Gasteiger charge is -2.12. The summed E-state index contributed by atoms with van der Waals surface area (Å²) >= 11 is 5.25. The van der Waals surface area contributed by atoms with Gasteiger partial charge in [0.15, 0.2) is 5.75 Å². The minimum Gasteiger partial charge on any atom is -0.378 e. The molecule has 9 heteroatoms. The molecule has 0 aliphatic rings. The molecular weight excluding hydrogens is 357 g/mol. The number of halogens is 4. The second-order valence-corrected chi connectivity index (χ2v) is 6.22. The molecule has 0 saturated carbocycles. The third-order valence-corrected chi connectivity index (χ3v) is 4.20. The van der Waals surface area contributed by atoms with Gasteiger partial charge in [-0.25, -0.2) is 0 Å².